The molecule has 0 atom stereocenters. The number of carbonyl (C=O) groups excluding carboxylic acids is 2. The summed E-state index contributed by atoms with van der Waals surface area (Å²) in [4.78, 5) is 24.8. The first-order valence-electron chi connectivity index (χ1n) is 11.2. The smallest absolute Gasteiger partial charge is 0.338 e. The molecule has 7 heteroatoms. The van der Waals surface area contributed by atoms with Crippen molar-refractivity contribution >= 4 is 11.9 Å². The van der Waals surface area contributed by atoms with Gasteiger partial charge < -0.3 is 23.7 Å². The van der Waals surface area contributed by atoms with Gasteiger partial charge in [-0.2, -0.15) is 0 Å². The highest BCUT2D eigenvalue weighted by atomic mass is 16.6. The Balaban J connectivity index is 1.64. The van der Waals surface area contributed by atoms with Crippen LogP contribution in [0.15, 0.2) is 30.3 Å². The SMILES string of the molecule is COc1ccc(-c2cccc3c2COC3=O)c(OCC(C)(C)C(=O)OCC2CCC2)c1OC. The summed E-state index contributed by atoms with van der Waals surface area (Å²) in [5.74, 6) is 1.19. The van der Waals surface area contributed by atoms with Gasteiger partial charge in [0.05, 0.1) is 31.8 Å². The molecule has 0 saturated heterocycles. The minimum Gasteiger partial charge on any atom is -0.493 e. The number of ether oxygens (including phenoxy) is 5. The maximum atomic E-state index is 12.7. The number of hydrogen-bond acceptors (Lipinski definition) is 7. The fourth-order valence-electron chi connectivity index (χ4n) is 4.02. The summed E-state index contributed by atoms with van der Waals surface area (Å²) in [6, 6.07) is 9.11. The molecule has 1 aliphatic carbocycles. The average Bonchev–Trinajstić information content (AvgIpc) is 3.16. The molecule has 33 heavy (non-hydrogen) atoms. The van der Waals surface area contributed by atoms with E-state index in [1.54, 1.807) is 33.1 Å². The fraction of sp³-hybridized carbons (Fsp3) is 0.462. The van der Waals surface area contributed by atoms with Crippen LogP contribution >= 0.6 is 0 Å². The highest BCUT2D eigenvalue weighted by Gasteiger charge is 2.34. The van der Waals surface area contributed by atoms with E-state index in [2.05, 4.69) is 0 Å². The van der Waals surface area contributed by atoms with E-state index in [1.807, 2.05) is 18.2 Å². The van der Waals surface area contributed by atoms with Crippen molar-refractivity contribution in [2.45, 2.75) is 39.7 Å². The van der Waals surface area contributed by atoms with Gasteiger partial charge in [0.15, 0.2) is 11.5 Å². The monoisotopic (exact) mass is 454 g/mol. The lowest BCUT2D eigenvalue weighted by molar-refractivity contribution is -0.157. The second kappa shape index (κ2) is 9.33. The van der Waals surface area contributed by atoms with Crippen molar-refractivity contribution in [1.82, 2.24) is 0 Å². The van der Waals surface area contributed by atoms with E-state index in [0.29, 0.717) is 35.3 Å². The van der Waals surface area contributed by atoms with Gasteiger partial charge in [0, 0.05) is 11.1 Å². The normalized spacial score (nSPS) is 15.3. The lowest BCUT2D eigenvalue weighted by Gasteiger charge is -2.28. The summed E-state index contributed by atoms with van der Waals surface area (Å²) < 4.78 is 28.1. The molecule has 0 N–H and O–H groups in total. The molecule has 1 fully saturated rings. The van der Waals surface area contributed by atoms with Crippen LogP contribution in [-0.2, 0) is 20.9 Å². The molecule has 0 amide bonds. The average molecular weight is 455 g/mol. The van der Waals surface area contributed by atoms with E-state index in [4.69, 9.17) is 23.7 Å². The Hall–Kier alpha value is -3.22. The molecule has 176 valence electrons. The number of benzene rings is 2. The van der Waals surface area contributed by atoms with Crippen LogP contribution in [0.3, 0.4) is 0 Å². The van der Waals surface area contributed by atoms with Crippen LogP contribution < -0.4 is 14.2 Å². The Bertz CT molecular complexity index is 1050. The van der Waals surface area contributed by atoms with E-state index in [0.717, 1.165) is 29.5 Å². The molecule has 0 aromatic heterocycles. The molecule has 2 aliphatic rings. The predicted octanol–water partition coefficient (Wildman–Crippen LogP) is 4.79. The third-order valence-corrected chi connectivity index (χ3v) is 6.34. The molecule has 0 bridgehead atoms. The molecule has 0 spiro atoms. The summed E-state index contributed by atoms with van der Waals surface area (Å²) in [6.07, 6.45) is 3.43. The molecule has 0 radical (unpaired) electrons. The van der Waals surface area contributed by atoms with Crippen LogP contribution in [0, 0.1) is 11.3 Å². The van der Waals surface area contributed by atoms with E-state index < -0.39 is 5.41 Å². The third-order valence-electron chi connectivity index (χ3n) is 6.34. The maximum absolute atomic E-state index is 12.7. The number of methoxy groups -OCH3 is 2. The largest absolute Gasteiger partial charge is 0.493 e. The van der Waals surface area contributed by atoms with Gasteiger partial charge in [0.1, 0.15) is 13.2 Å². The molecular weight excluding hydrogens is 424 g/mol. The minimum absolute atomic E-state index is 0.0808. The summed E-state index contributed by atoms with van der Waals surface area (Å²) in [5.41, 5.74) is 1.99. The van der Waals surface area contributed by atoms with Crippen LogP contribution in [0.4, 0.5) is 0 Å². The Morgan fingerprint density at radius 1 is 1.03 bits per heavy atom. The molecule has 1 heterocycles. The van der Waals surface area contributed by atoms with Crippen LogP contribution in [0.2, 0.25) is 0 Å². The molecule has 2 aromatic rings. The number of cyclic esters (lactones) is 1. The van der Waals surface area contributed by atoms with Crippen molar-refractivity contribution < 1.29 is 33.3 Å². The number of hydrogen-bond donors (Lipinski definition) is 0. The summed E-state index contributed by atoms with van der Waals surface area (Å²) in [5, 5.41) is 0. The second-order valence-corrected chi connectivity index (χ2v) is 9.15. The van der Waals surface area contributed by atoms with Crippen molar-refractivity contribution in [2.24, 2.45) is 11.3 Å². The fourth-order valence-corrected chi connectivity index (χ4v) is 4.02. The van der Waals surface area contributed by atoms with Gasteiger partial charge in [0.2, 0.25) is 5.75 Å². The maximum Gasteiger partial charge on any atom is 0.338 e. The van der Waals surface area contributed by atoms with Gasteiger partial charge in [-0.25, -0.2) is 4.79 Å². The van der Waals surface area contributed by atoms with Gasteiger partial charge in [-0.15, -0.1) is 0 Å². The zero-order valence-electron chi connectivity index (χ0n) is 19.6. The van der Waals surface area contributed by atoms with E-state index >= 15 is 0 Å². The second-order valence-electron chi connectivity index (χ2n) is 9.15. The van der Waals surface area contributed by atoms with Crippen LogP contribution in [0.1, 0.15) is 49.0 Å². The summed E-state index contributed by atoms with van der Waals surface area (Å²) >= 11 is 0. The third kappa shape index (κ3) is 4.49. The first kappa shape index (κ1) is 23.0. The summed E-state index contributed by atoms with van der Waals surface area (Å²) in [7, 11) is 3.09. The van der Waals surface area contributed by atoms with Gasteiger partial charge in [-0.05, 0) is 56.4 Å². The molecule has 7 nitrogen and oxygen atoms in total. The first-order valence-corrected chi connectivity index (χ1v) is 11.2. The minimum atomic E-state index is -0.868. The standard InChI is InChI=1S/C26H30O7/c1-26(2,25(28)32-13-16-7-5-8-16)15-33-22-18(11-12-21(29-3)23(22)30-4)17-9-6-10-19-20(17)14-31-24(19)27/h6,9-12,16H,5,7-8,13-15H2,1-4H3. The van der Waals surface area contributed by atoms with Gasteiger partial charge in [-0.1, -0.05) is 18.6 Å². The molecule has 4 rings (SSSR count). The van der Waals surface area contributed by atoms with Crippen molar-refractivity contribution in [2.75, 3.05) is 27.4 Å². The van der Waals surface area contributed by atoms with Crippen LogP contribution in [-0.4, -0.2) is 39.4 Å². The van der Waals surface area contributed by atoms with E-state index in [9.17, 15) is 9.59 Å². The van der Waals surface area contributed by atoms with Crippen LogP contribution in [0.25, 0.3) is 11.1 Å². The zero-order valence-corrected chi connectivity index (χ0v) is 19.6. The quantitative estimate of drug-likeness (QED) is 0.504. The molecule has 2 aromatic carbocycles. The molecule has 1 aliphatic heterocycles. The molecule has 1 saturated carbocycles. The number of rotatable bonds is 9. The lowest BCUT2D eigenvalue weighted by atomic mass is 9.86. The predicted molar refractivity (Wildman–Crippen MR) is 122 cm³/mol. The zero-order chi connectivity index (χ0) is 23.6. The van der Waals surface area contributed by atoms with E-state index in [1.165, 1.54) is 13.5 Å². The Kier molecular flexibility index (Phi) is 6.49. The molecule has 0 unspecified atom stereocenters. The number of esters is 2. The van der Waals surface area contributed by atoms with Crippen molar-refractivity contribution in [3.05, 3.63) is 41.5 Å². The van der Waals surface area contributed by atoms with E-state index in [-0.39, 0.29) is 25.2 Å². The highest BCUT2D eigenvalue weighted by molar-refractivity contribution is 5.96. The highest BCUT2D eigenvalue weighted by Crippen LogP contribution is 2.47. The van der Waals surface area contributed by atoms with Gasteiger partial charge in [0.25, 0.3) is 0 Å². The Morgan fingerprint density at radius 2 is 1.79 bits per heavy atom. The van der Waals surface area contributed by atoms with Crippen molar-refractivity contribution in [3.8, 4) is 28.4 Å². The van der Waals surface area contributed by atoms with Crippen LogP contribution in [0.5, 0.6) is 17.2 Å². The molecular formula is C26H30O7. The first-order chi connectivity index (χ1) is 15.9. The lowest BCUT2D eigenvalue weighted by Crippen LogP contribution is -2.34. The Morgan fingerprint density at radius 3 is 2.45 bits per heavy atom. The van der Waals surface area contributed by atoms with Gasteiger partial charge >= 0.3 is 11.9 Å². The number of carbonyl (C=O) groups is 2. The topological polar surface area (TPSA) is 80.3 Å². The Labute approximate surface area is 193 Å². The van der Waals surface area contributed by atoms with Gasteiger partial charge in [-0.3, -0.25) is 4.79 Å². The number of fused-ring (bicyclic) bond motifs is 1. The summed E-state index contributed by atoms with van der Waals surface area (Å²) in [6.45, 7) is 4.33. The van der Waals surface area contributed by atoms with Crippen molar-refractivity contribution in [3.63, 3.8) is 0 Å². The van der Waals surface area contributed by atoms with Crippen molar-refractivity contribution in [1.29, 1.82) is 0 Å².